The molecular weight excluding hydrogens is 284 g/mol. The molecule has 7 heteroatoms. The lowest BCUT2D eigenvalue weighted by Gasteiger charge is -2.36. The molecule has 0 aliphatic carbocycles. The second-order valence-electron chi connectivity index (χ2n) is 6.05. The number of rotatable bonds is 4. The molecule has 2 heterocycles. The predicted octanol–water partition coefficient (Wildman–Crippen LogP) is 0.739. The van der Waals surface area contributed by atoms with Crippen LogP contribution in [0.5, 0.6) is 0 Å². The molecule has 0 saturated carbocycles. The first-order chi connectivity index (χ1) is 10.3. The molecule has 7 nitrogen and oxygen atoms in total. The van der Waals surface area contributed by atoms with Gasteiger partial charge in [0.1, 0.15) is 0 Å². The van der Waals surface area contributed by atoms with E-state index in [-0.39, 0.29) is 24.8 Å². The number of aromatic nitrogens is 2. The van der Waals surface area contributed by atoms with Crippen molar-refractivity contribution in [1.82, 2.24) is 14.7 Å². The van der Waals surface area contributed by atoms with E-state index >= 15 is 0 Å². The lowest BCUT2D eigenvalue weighted by Crippen LogP contribution is -2.51. The zero-order valence-electron chi connectivity index (χ0n) is 13.6. The summed E-state index contributed by atoms with van der Waals surface area (Å²) in [7, 11) is 1.82. The Morgan fingerprint density at radius 2 is 2.09 bits per heavy atom. The number of hydrogen-bond donors (Lipinski definition) is 2. The Balaban J connectivity index is 2.15. The highest BCUT2D eigenvalue weighted by molar-refractivity contribution is 5.93. The van der Waals surface area contributed by atoms with Crippen LogP contribution in [0, 0.1) is 13.8 Å². The lowest BCUT2D eigenvalue weighted by molar-refractivity contribution is -0.136. The zero-order chi connectivity index (χ0) is 16.5. The van der Waals surface area contributed by atoms with Crippen molar-refractivity contribution in [2.24, 2.45) is 7.05 Å². The maximum Gasteiger partial charge on any atom is 0.226 e. The fraction of sp³-hybridized carbons (Fsp3) is 0.667. The van der Waals surface area contributed by atoms with Gasteiger partial charge in [0, 0.05) is 20.5 Å². The number of hydrogen-bond acceptors (Lipinski definition) is 4. The lowest BCUT2D eigenvalue weighted by atomic mass is 9.92. The highest BCUT2D eigenvalue weighted by Gasteiger charge is 2.43. The van der Waals surface area contributed by atoms with E-state index in [1.165, 1.54) is 6.92 Å². The summed E-state index contributed by atoms with van der Waals surface area (Å²) in [5, 5.41) is 16.9. The van der Waals surface area contributed by atoms with Crippen molar-refractivity contribution in [3.63, 3.8) is 0 Å². The second kappa shape index (κ2) is 6.08. The van der Waals surface area contributed by atoms with Gasteiger partial charge in [0.05, 0.1) is 35.6 Å². The van der Waals surface area contributed by atoms with Gasteiger partial charge in [0.25, 0.3) is 0 Å². The van der Waals surface area contributed by atoms with Crippen LogP contribution in [0.15, 0.2) is 0 Å². The molecule has 1 fully saturated rings. The quantitative estimate of drug-likeness (QED) is 0.859. The summed E-state index contributed by atoms with van der Waals surface area (Å²) in [6.07, 6.45) is 1.54. The third kappa shape index (κ3) is 2.85. The molecule has 2 N–H and O–H groups in total. The summed E-state index contributed by atoms with van der Waals surface area (Å²) >= 11 is 0. The van der Waals surface area contributed by atoms with E-state index in [1.807, 2.05) is 20.9 Å². The minimum atomic E-state index is -0.778. The molecule has 1 aliphatic rings. The summed E-state index contributed by atoms with van der Waals surface area (Å²) in [6.45, 7) is 5.58. The maximum absolute atomic E-state index is 12.4. The van der Waals surface area contributed by atoms with Crippen LogP contribution in [0.3, 0.4) is 0 Å². The van der Waals surface area contributed by atoms with Crippen LogP contribution in [-0.2, 0) is 16.6 Å². The Bertz CT molecular complexity index is 596. The van der Waals surface area contributed by atoms with Gasteiger partial charge in [-0.1, -0.05) is 0 Å². The molecule has 1 aromatic rings. The van der Waals surface area contributed by atoms with E-state index in [0.717, 1.165) is 17.8 Å². The number of likely N-dealkylation sites (tertiary alicyclic amines) is 1. The number of carbonyl (C=O) groups is 2. The number of aliphatic hydroxyl groups is 1. The molecule has 22 heavy (non-hydrogen) atoms. The van der Waals surface area contributed by atoms with Gasteiger partial charge in [-0.05, 0) is 26.7 Å². The van der Waals surface area contributed by atoms with Gasteiger partial charge >= 0.3 is 0 Å². The second-order valence-corrected chi connectivity index (χ2v) is 6.05. The molecule has 1 unspecified atom stereocenters. The molecule has 0 aromatic carbocycles. The molecule has 2 amide bonds. The van der Waals surface area contributed by atoms with E-state index in [1.54, 1.807) is 9.58 Å². The highest BCUT2D eigenvalue weighted by Crippen LogP contribution is 2.33. The number of aliphatic hydroxyl groups excluding tert-OH is 1. The summed E-state index contributed by atoms with van der Waals surface area (Å²) in [6, 6.07) is 0. The Labute approximate surface area is 130 Å². The van der Waals surface area contributed by atoms with E-state index in [2.05, 4.69) is 10.4 Å². The molecule has 1 atom stereocenters. The van der Waals surface area contributed by atoms with Gasteiger partial charge in [0.15, 0.2) is 0 Å². The molecule has 0 spiro atoms. The van der Waals surface area contributed by atoms with Crippen molar-refractivity contribution < 1.29 is 14.7 Å². The van der Waals surface area contributed by atoms with E-state index in [9.17, 15) is 14.7 Å². The summed E-state index contributed by atoms with van der Waals surface area (Å²) in [4.78, 5) is 25.8. The number of amides is 2. The van der Waals surface area contributed by atoms with Crippen molar-refractivity contribution in [2.75, 3.05) is 18.5 Å². The van der Waals surface area contributed by atoms with Crippen LogP contribution in [0.4, 0.5) is 5.69 Å². The number of nitrogens with zero attached hydrogens (tertiary/aromatic N) is 3. The van der Waals surface area contributed by atoms with Crippen molar-refractivity contribution >= 4 is 17.5 Å². The predicted molar refractivity (Wildman–Crippen MR) is 82.4 cm³/mol. The zero-order valence-corrected chi connectivity index (χ0v) is 13.6. The van der Waals surface area contributed by atoms with Gasteiger partial charge < -0.3 is 15.3 Å². The molecule has 0 radical (unpaired) electrons. The summed E-state index contributed by atoms with van der Waals surface area (Å²) < 4.78 is 1.71. The average Bonchev–Trinajstić information content (AvgIpc) is 2.96. The number of anilines is 1. The molecule has 122 valence electrons. The SMILES string of the molecule is CC(=O)N1CCCC1(CO)CC(=O)Nc1c(C)nn(C)c1C. The molecule has 1 aromatic heterocycles. The van der Waals surface area contributed by atoms with Crippen LogP contribution >= 0.6 is 0 Å². The van der Waals surface area contributed by atoms with E-state index < -0.39 is 5.54 Å². The van der Waals surface area contributed by atoms with Crippen LogP contribution in [0.25, 0.3) is 0 Å². The number of aryl methyl sites for hydroxylation is 2. The Kier molecular flexibility index (Phi) is 4.55. The largest absolute Gasteiger partial charge is 0.394 e. The van der Waals surface area contributed by atoms with Crippen LogP contribution in [0.1, 0.15) is 37.6 Å². The normalized spacial score (nSPS) is 21.2. The van der Waals surface area contributed by atoms with Crippen molar-refractivity contribution in [3.05, 3.63) is 11.4 Å². The first kappa shape index (κ1) is 16.5. The third-order valence-corrected chi connectivity index (χ3v) is 4.53. The van der Waals surface area contributed by atoms with Crippen molar-refractivity contribution in [3.8, 4) is 0 Å². The monoisotopic (exact) mass is 308 g/mol. The molecule has 1 saturated heterocycles. The standard InChI is InChI=1S/C15H24N4O3/c1-10-14(11(2)18(4)17-10)16-13(22)8-15(9-20)6-5-7-19(15)12(3)21/h20H,5-9H2,1-4H3,(H,16,22). The van der Waals surface area contributed by atoms with Crippen molar-refractivity contribution in [2.45, 2.75) is 45.6 Å². The fourth-order valence-electron chi connectivity index (χ4n) is 3.27. The van der Waals surface area contributed by atoms with Crippen LogP contribution < -0.4 is 5.32 Å². The van der Waals surface area contributed by atoms with Gasteiger partial charge in [-0.3, -0.25) is 14.3 Å². The summed E-state index contributed by atoms with van der Waals surface area (Å²) in [5.74, 6) is -0.311. The minimum absolute atomic E-state index is 0.0941. The molecule has 1 aliphatic heterocycles. The number of carbonyl (C=O) groups excluding carboxylic acids is 2. The Morgan fingerprint density at radius 3 is 2.59 bits per heavy atom. The minimum Gasteiger partial charge on any atom is -0.394 e. The van der Waals surface area contributed by atoms with Gasteiger partial charge in [0.2, 0.25) is 11.8 Å². The first-order valence-corrected chi connectivity index (χ1v) is 7.50. The highest BCUT2D eigenvalue weighted by atomic mass is 16.3. The van der Waals surface area contributed by atoms with E-state index in [0.29, 0.717) is 18.7 Å². The topological polar surface area (TPSA) is 87.5 Å². The smallest absolute Gasteiger partial charge is 0.226 e. The molecular formula is C15H24N4O3. The maximum atomic E-state index is 12.4. The molecule has 0 bridgehead atoms. The van der Waals surface area contributed by atoms with Crippen LogP contribution in [-0.4, -0.2) is 50.3 Å². The third-order valence-electron chi connectivity index (χ3n) is 4.53. The Hall–Kier alpha value is -1.89. The van der Waals surface area contributed by atoms with Crippen molar-refractivity contribution in [1.29, 1.82) is 0 Å². The summed E-state index contributed by atoms with van der Waals surface area (Å²) in [5.41, 5.74) is 1.55. The Morgan fingerprint density at radius 1 is 1.41 bits per heavy atom. The van der Waals surface area contributed by atoms with Gasteiger partial charge in [-0.15, -0.1) is 0 Å². The fourth-order valence-corrected chi connectivity index (χ4v) is 3.27. The van der Waals surface area contributed by atoms with E-state index in [4.69, 9.17) is 0 Å². The van der Waals surface area contributed by atoms with Gasteiger partial charge in [-0.2, -0.15) is 5.10 Å². The molecule has 2 rings (SSSR count). The average molecular weight is 308 g/mol. The van der Waals surface area contributed by atoms with Crippen LogP contribution in [0.2, 0.25) is 0 Å². The number of nitrogens with one attached hydrogen (secondary N) is 1. The van der Waals surface area contributed by atoms with Gasteiger partial charge in [-0.25, -0.2) is 0 Å². The first-order valence-electron chi connectivity index (χ1n) is 7.50.